The maximum atomic E-state index is 11.6. The summed E-state index contributed by atoms with van der Waals surface area (Å²) >= 11 is 0. The van der Waals surface area contributed by atoms with Crippen molar-refractivity contribution in [3.8, 4) is 0 Å². The second-order valence-electron chi connectivity index (χ2n) is 6.23. The molecule has 124 valence electrons. The fraction of sp³-hybridized carbons (Fsp3) is 0.562. The van der Waals surface area contributed by atoms with Crippen molar-refractivity contribution in [1.82, 2.24) is 24.6 Å². The van der Waals surface area contributed by atoms with Gasteiger partial charge in [-0.05, 0) is 26.8 Å². The fourth-order valence-electron chi connectivity index (χ4n) is 2.93. The number of H-pyrrole nitrogens is 1. The van der Waals surface area contributed by atoms with E-state index in [0.717, 1.165) is 13.1 Å². The summed E-state index contributed by atoms with van der Waals surface area (Å²) in [5, 5.41) is 4.38. The molecule has 0 radical (unpaired) electrons. The van der Waals surface area contributed by atoms with Crippen LogP contribution >= 0.6 is 0 Å². The van der Waals surface area contributed by atoms with Crippen molar-refractivity contribution in [2.24, 2.45) is 0 Å². The minimum absolute atomic E-state index is 0.133. The molecule has 1 fully saturated rings. The Morgan fingerprint density at radius 2 is 2.30 bits per heavy atom. The predicted octanol–water partition coefficient (Wildman–Crippen LogP) is 1.43. The van der Waals surface area contributed by atoms with Crippen LogP contribution < -0.4 is 5.56 Å². The summed E-state index contributed by atoms with van der Waals surface area (Å²) in [5.41, 5.74) is 1.76. The Morgan fingerprint density at radius 3 is 3.04 bits per heavy atom. The lowest BCUT2D eigenvalue weighted by Crippen LogP contribution is -2.39. The highest BCUT2D eigenvalue weighted by molar-refractivity contribution is 5.05. The molecule has 1 aliphatic heterocycles. The maximum Gasteiger partial charge on any atom is 0.251 e. The molecule has 1 atom stereocenters. The van der Waals surface area contributed by atoms with E-state index in [1.807, 2.05) is 17.8 Å². The summed E-state index contributed by atoms with van der Waals surface area (Å²) < 4.78 is 7.84. The molecule has 7 nitrogen and oxygen atoms in total. The van der Waals surface area contributed by atoms with E-state index in [9.17, 15) is 4.79 Å². The first-order valence-electron chi connectivity index (χ1n) is 7.97. The monoisotopic (exact) mass is 317 g/mol. The zero-order chi connectivity index (χ0) is 16.4. The summed E-state index contributed by atoms with van der Waals surface area (Å²) in [4.78, 5) is 21.1. The van der Waals surface area contributed by atoms with Crippen molar-refractivity contribution >= 4 is 0 Å². The van der Waals surface area contributed by atoms with Crippen LogP contribution in [0.4, 0.5) is 0 Å². The normalized spacial score (nSPS) is 19.4. The van der Waals surface area contributed by atoms with E-state index in [2.05, 4.69) is 39.9 Å². The Kier molecular flexibility index (Phi) is 4.58. The van der Waals surface area contributed by atoms with Crippen LogP contribution in [0.2, 0.25) is 0 Å². The fourth-order valence-corrected chi connectivity index (χ4v) is 2.93. The number of ether oxygens (including phenoxy) is 1. The van der Waals surface area contributed by atoms with Gasteiger partial charge in [-0.1, -0.05) is 0 Å². The van der Waals surface area contributed by atoms with E-state index >= 15 is 0 Å². The molecule has 1 saturated heterocycles. The van der Waals surface area contributed by atoms with Crippen LogP contribution in [0.1, 0.15) is 43.2 Å². The number of hydrogen-bond donors (Lipinski definition) is 1. The first-order chi connectivity index (χ1) is 11.0. The molecule has 1 aliphatic rings. The predicted molar refractivity (Wildman–Crippen MR) is 86.2 cm³/mol. The molecule has 3 heterocycles. The molecule has 0 aliphatic carbocycles. The van der Waals surface area contributed by atoms with Gasteiger partial charge < -0.3 is 9.72 Å². The summed E-state index contributed by atoms with van der Waals surface area (Å²) in [6.07, 6.45) is 1.64. The van der Waals surface area contributed by atoms with Crippen LogP contribution in [0.25, 0.3) is 0 Å². The lowest BCUT2D eigenvalue weighted by atomic mass is 10.2. The highest BCUT2D eigenvalue weighted by Crippen LogP contribution is 2.20. The first kappa shape index (κ1) is 15.9. The standard InChI is InChI=1S/C16H23N5O2/c1-11(2)21-13(4-5-17-21)9-20-6-7-23-14(10-20)16-18-12(3)8-15(22)19-16/h4-5,8,11,14H,6-7,9-10H2,1-3H3,(H,18,19,22). The Bertz CT molecular complexity index is 721. The molecule has 2 aromatic heterocycles. The van der Waals surface area contributed by atoms with Gasteiger partial charge in [0.15, 0.2) is 0 Å². The smallest absolute Gasteiger partial charge is 0.251 e. The van der Waals surface area contributed by atoms with Crippen molar-refractivity contribution < 1.29 is 4.74 Å². The van der Waals surface area contributed by atoms with Crippen molar-refractivity contribution in [1.29, 1.82) is 0 Å². The molecule has 0 saturated carbocycles. The van der Waals surface area contributed by atoms with Crippen molar-refractivity contribution in [2.75, 3.05) is 19.7 Å². The Morgan fingerprint density at radius 1 is 1.48 bits per heavy atom. The molecule has 1 unspecified atom stereocenters. The number of aryl methyl sites for hydroxylation is 1. The lowest BCUT2D eigenvalue weighted by molar-refractivity contribution is -0.0381. The minimum atomic E-state index is -0.202. The molecule has 1 N–H and O–H groups in total. The summed E-state index contributed by atoms with van der Waals surface area (Å²) in [6.45, 7) is 9.07. The van der Waals surface area contributed by atoms with Gasteiger partial charge in [0.25, 0.3) is 5.56 Å². The third kappa shape index (κ3) is 3.68. The summed E-state index contributed by atoms with van der Waals surface area (Å²) in [6, 6.07) is 3.88. The Hall–Kier alpha value is -1.99. The molecule has 0 aromatic carbocycles. The number of nitrogens with zero attached hydrogens (tertiary/aromatic N) is 4. The minimum Gasteiger partial charge on any atom is -0.368 e. The van der Waals surface area contributed by atoms with Gasteiger partial charge in [0.05, 0.1) is 12.3 Å². The van der Waals surface area contributed by atoms with E-state index in [1.54, 1.807) is 0 Å². The van der Waals surface area contributed by atoms with Gasteiger partial charge in [-0.3, -0.25) is 14.4 Å². The number of nitrogens with one attached hydrogen (secondary N) is 1. The molecular weight excluding hydrogens is 294 g/mol. The number of hydrogen-bond acceptors (Lipinski definition) is 5. The van der Waals surface area contributed by atoms with Crippen LogP contribution in [-0.4, -0.2) is 44.3 Å². The van der Waals surface area contributed by atoms with E-state index in [-0.39, 0.29) is 11.7 Å². The number of morpholine rings is 1. The zero-order valence-electron chi connectivity index (χ0n) is 13.8. The number of aromatic nitrogens is 4. The average Bonchev–Trinajstić information content (AvgIpc) is 2.95. The maximum absolute atomic E-state index is 11.6. The molecule has 23 heavy (non-hydrogen) atoms. The van der Waals surface area contributed by atoms with E-state index in [1.165, 1.54) is 11.8 Å². The van der Waals surface area contributed by atoms with Crippen molar-refractivity contribution in [2.45, 2.75) is 39.5 Å². The van der Waals surface area contributed by atoms with Crippen LogP contribution in [-0.2, 0) is 11.3 Å². The van der Waals surface area contributed by atoms with Crippen LogP contribution in [0.5, 0.6) is 0 Å². The topological polar surface area (TPSA) is 76.0 Å². The SMILES string of the molecule is Cc1cc(=O)[nH]c(C2CN(Cc3ccnn3C(C)C)CCO2)n1. The highest BCUT2D eigenvalue weighted by Gasteiger charge is 2.25. The molecular formula is C16H23N5O2. The molecule has 0 bridgehead atoms. The highest BCUT2D eigenvalue weighted by atomic mass is 16.5. The number of rotatable bonds is 4. The Labute approximate surface area is 135 Å². The third-order valence-corrected chi connectivity index (χ3v) is 3.97. The largest absolute Gasteiger partial charge is 0.368 e. The van der Waals surface area contributed by atoms with Crippen LogP contribution in [0, 0.1) is 6.92 Å². The quantitative estimate of drug-likeness (QED) is 0.923. The van der Waals surface area contributed by atoms with Gasteiger partial charge in [-0.15, -0.1) is 0 Å². The van der Waals surface area contributed by atoms with Crippen LogP contribution in [0.3, 0.4) is 0 Å². The van der Waals surface area contributed by atoms with Gasteiger partial charge >= 0.3 is 0 Å². The Balaban J connectivity index is 1.73. The molecule has 2 aromatic rings. The second-order valence-corrected chi connectivity index (χ2v) is 6.23. The second kappa shape index (κ2) is 6.64. The first-order valence-corrected chi connectivity index (χ1v) is 7.97. The van der Waals surface area contributed by atoms with Crippen LogP contribution in [0.15, 0.2) is 23.1 Å². The summed E-state index contributed by atoms with van der Waals surface area (Å²) in [5.74, 6) is 0.608. The molecule has 7 heteroatoms. The molecule has 0 spiro atoms. The van der Waals surface area contributed by atoms with Crippen molar-refractivity contribution in [3.63, 3.8) is 0 Å². The average molecular weight is 317 g/mol. The number of aromatic amines is 1. The van der Waals surface area contributed by atoms with Gasteiger partial charge in [0.1, 0.15) is 11.9 Å². The van der Waals surface area contributed by atoms with Gasteiger partial charge in [0.2, 0.25) is 0 Å². The van der Waals surface area contributed by atoms with Gasteiger partial charge in [-0.25, -0.2) is 4.98 Å². The van der Waals surface area contributed by atoms with E-state index in [0.29, 0.717) is 30.7 Å². The van der Waals surface area contributed by atoms with Crippen molar-refractivity contribution in [3.05, 3.63) is 45.9 Å². The lowest BCUT2D eigenvalue weighted by Gasteiger charge is -2.32. The molecule has 0 amide bonds. The van der Waals surface area contributed by atoms with Gasteiger partial charge in [0, 0.05) is 43.6 Å². The third-order valence-electron chi connectivity index (χ3n) is 3.97. The molecule has 3 rings (SSSR count). The van der Waals surface area contributed by atoms with Gasteiger partial charge in [-0.2, -0.15) is 5.10 Å². The zero-order valence-corrected chi connectivity index (χ0v) is 13.8. The van der Waals surface area contributed by atoms with E-state index in [4.69, 9.17) is 4.74 Å². The van der Waals surface area contributed by atoms with E-state index < -0.39 is 0 Å². The summed E-state index contributed by atoms with van der Waals surface area (Å²) in [7, 11) is 0.